The van der Waals surface area contributed by atoms with Gasteiger partial charge in [0.2, 0.25) is 5.91 Å². The topological polar surface area (TPSA) is 105 Å². The lowest BCUT2D eigenvalue weighted by atomic mass is 10.1. The van der Waals surface area contributed by atoms with Crippen LogP contribution in [0.15, 0.2) is 36.9 Å². The fourth-order valence-corrected chi connectivity index (χ4v) is 1.80. The SMILES string of the molecule is C=CC(=O)Nc1ccc(C[C@H](NC(=O)OC(C)(C)C)C(=O)O)cc1. The Hall–Kier alpha value is -2.83. The number of benzene rings is 1. The molecule has 0 fully saturated rings. The third-order valence-corrected chi connectivity index (χ3v) is 2.84. The highest BCUT2D eigenvalue weighted by Gasteiger charge is 2.24. The summed E-state index contributed by atoms with van der Waals surface area (Å²) in [4.78, 5) is 34.2. The van der Waals surface area contributed by atoms with Crippen molar-refractivity contribution in [1.82, 2.24) is 5.32 Å². The third-order valence-electron chi connectivity index (χ3n) is 2.84. The molecule has 3 N–H and O–H groups in total. The quantitative estimate of drug-likeness (QED) is 0.693. The van der Waals surface area contributed by atoms with Gasteiger partial charge in [-0.25, -0.2) is 9.59 Å². The Morgan fingerprint density at radius 1 is 1.25 bits per heavy atom. The highest BCUT2D eigenvalue weighted by atomic mass is 16.6. The highest BCUT2D eigenvalue weighted by molar-refractivity contribution is 5.98. The highest BCUT2D eigenvalue weighted by Crippen LogP contribution is 2.12. The van der Waals surface area contributed by atoms with Gasteiger partial charge in [0.05, 0.1) is 0 Å². The first-order chi connectivity index (χ1) is 11.1. The van der Waals surface area contributed by atoms with Gasteiger partial charge in [0, 0.05) is 12.1 Å². The van der Waals surface area contributed by atoms with Crippen molar-refractivity contribution in [2.45, 2.75) is 38.8 Å². The zero-order valence-electron chi connectivity index (χ0n) is 14.0. The van der Waals surface area contributed by atoms with Gasteiger partial charge in [-0.15, -0.1) is 0 Å². The number of hydrogen-bond donors (Lipinski definition) is 3. The van der Waals surface area contributed by atoms with Crippen LogP contribution in [0.4, 0.5) is 10.5 Å². The molecule has 1 rings (SSSR count). The lowest BCUT2D eigenvalue weighted by molar-refractivity contribution is -0.139. The molecule has 0 aliphatic rings. The minimum absolute atomic E-state index is 0.0876. The van der Waals surface area contributed by atoms with Crippen LogP contribution in [-0.2, 0) is 20.7 Å². The van der Waals surface area contributed by atoms with Crippen LogP contribution < -0.4 is 10.6 Å². The number of amides is 2. The van der Waals surface area contributed by atoms with E-state index < -0.39 is 23.7 Å². The minimum Gasteiger partial charge on any atom is -0.480 e. The van der Waals surface area contributed by atoms with Crippen molar-refractivity contribution in [1.29, 1.82) is 0 Å². The van der Waals surface area contributed by atoms with Crippen molar-refractivity contribution in [3.05, 3.63) is 42.5 Å². The number of anilines is 1. The van der Waals surface area contributed by atoms with E-state index in [1.165, 1.54) is 0 Å². The molecule has 7 nitrogen and oxygen atoms in total. The Balaban J connectivity index is 2.71. The molecule has 0 heterocycles. The van der Waals surface area contributed by atoms with Crippen LogP contribution in [0.3, 0.4) is 0 Å². The van der Waals surface area contributed by atoms with Gasteiger partial charge in [-0.2, -0.15) is 0 Å². The lowest BCUT2D eigenvalue weighted by Gasteiger charge is -2.22. The molecule has 0 radical (unpaired) electrons. The van der Waals surface area contributed by atoms with E-state index in [1.807, 2.05) is 0 Å². The number of carboxylic acids is 1. The van der Waals surface area contributed by atoms with Gasteiger partial charge in [-0.05, 0) is 44.5 Å². The number of alkyl carbamates (subject to hydrolysis) is 1. The normalized spacial score (nSPS) is 12.0. The number of nitrogens with one attached hydrogen (secondary N) is 2. The molecule has 130 valence electrons. The summed E-state index contributed by atoms with van der Waals surface area (Å²) in [6.07, 6.45) is 0.452. The van der Waals surface area contributed by atoms with Crippen molar-refractivity contribution in [2.75, 3.05) is 5.32 Å². The summed E-state index contributed by atoms with van der Waals surface area (Å²) in [5.74, 6) is -1.50. The fraction of sp³-hybridized carbons (Fsp3) is 0.353. The Morgan fingerprint density at radius 2 is 1.83 bits per heavy atom. The second-order valence-electron chi connectivity index (χ2n) is 6.13. The Labute approximate surface area is 140 Å². The first-order valence-corrected chi connectivity index (χ1v) is 7.35. The van der Waals surface area contributed by atoms with Crippen molar-refractivity contribution >= 4 is 23.7 Å². The van der Waals surface area contributed by atoms with Crippen LogP contribution in [0.1, 0.15) is 26.3 Å². The maximum absolute atomic E-state index is 11.7. The van der Waals surface area contributed by atoms with E-state index in [2.05, 4.69) is 17.2 Å². The maximum atomic E-state index is 11.7. The molecule has 1 atom stereocenters. The van der Waals surface area contributed by atoms with Gasteiger partial charge in [0.25, 0.3) is 0 Å². The zero-order valence-corrected chi connectivity index (χ0v) is 14.0. The van der Waals surface area contributed by atoms with E-state index in [-0.39, 0.29) is 12.3 Å². The van der Waals surface area contributed by atoms with Crippen LogP contribution in [0, 0.1) is 0 Å². The van der Waals surface area contributed by atoms with E-state index in [1.54, 1.807) is 45.0 Å². The number of hydrogen-bond acceptors (Lipinski definition) is 4. The molecule has 24 heavy (non-hydrogen) atoms. The summed E-state index contributed by atoms with van der Waals surface area (Å²) < 4.78 is 5.06. The number of ether oxygens (including phenoxy) is 1. The average Bonchev–Trinajstić information content (AvgIpc) is 2.46. The molecule has 0 aromatic heterocycles. The number of carbonyl (C=O) groups is 3. The van der Waals surface area contributed by atoms with Gasteiger partial charge in [0.15, 0.2) is 0 Å². The second-order valence-corrected chi connectivity index (χ2v) is 6.13. The van der Waals surface area contributed by atoms with E-state index in [0.717, 1.165) is 6.08 Å². The molecule has 0 spiro atoms. The van der Waals surface area contributed by atoms with Gasteiger partial charge < -0.3 is 20.5 Å². The summed E-state index contributed by atoms with van der Waals surface area (Å²) in [7, 11) is 0. The monoisotopic (exact) mass is 334 g/mol. The lowest BCUT2D eigenvalue weighted by Crippen LogP contribution is -2.44. The van der Waals surface area contributed by atoms with Crippen molar-refractivity contribution in [2.24, 2.45) is 0 Å². The third kappa shape index (κ3) is 6.95. The van der Waals surface area contributed by atoms with Crippen LogP contribution in [0.2, 0.25) is 0 Å². The van der Waals surface area contributed by atoms with Crippen LogP contribution >= 0.6 is 0 Å². The van der Waals surface area contributed by atoms with E-state index >= 15 is 0 Å². The summed E-state index contributed by atoms with van der Waals surface area (Å²) >= 11 is 0. The minimum atomic E-state index is -1.16. The number of carboxylic acid groups (broad SMARTS) is 1. The Kier molecular flexibility index (Phi) is 6.52. The van der Waals surface area contributed by atoms with Gasteiger partial charge >= 0.3 is 12.1 Å². The van der Waals surface area contributed by atoms with Gasteiger partial charge in [-0.3, -0.25) is 4.79 Å². The standard InChI is InChI=1S/C17H22N2O5/c1-5-14(20)18-12-8-6-11(7-9-12)10-13(15(21)22)19-16(23)24-17(2,3)4/h5-9,13H,1,10H2,2-4H3,(H,18,20)(H,19,23)(H,21,22)/t13-/m0/s1. The molecule has 0 bridgehead atoms. The number of carbonyl (C=O) groups excluding carboxylic acids is 2. The first-order valence-electron chi connectivity index (χ1n) is 7.35. The molecular weight excluding hydrogens is 312 g/mol. The van der Waals surface area contributed by atoms with Crippen molar-refractivity contribution in [3.63, 3.8) is 0 Å². The first kappa shape index (κ1) is 19.2. The Bertz CT molecular complexity index is 617. The Morgan fingerprint density at radius 3 is 2.29 bits per heavy atom. The molecule has 0 aliphatic heterocycles. The molecule has 0 unspecified atom stereocenters. The molecular formula is C17H22N2O5. The number of rotatable bonds is 6. The van der Waals surface area contributed by atoms with Crippen LogP contribution in [-0.4, -0.2) is 34.7 Å². The van der Waals surface area contributed by atoms with Crippen LogP contribution in [0.25, 0.3) is 0 Å². The molecule has 2 amide bonds. The zero-order chi connectivity index (χ0) is 18.3. The van der Waals surface area contributed by atoms with Gasteiger partial charge in [0.1, 0.15) is 11.6 Å². The van der Waals surface area contributed by atoms with Crippen LogP contribution in [0.5, 0.6) is 0 Å². The van der Waals surface area contributed by atoms with E-state index in [4.69, 9.17) is 4.74 Å². The molecule has 0 aliphatic carbocycles. The maximum Gasteiger partial charge on any atom is 0.408 e. The molecule has 7 heteroatoms. The summed E-state index contributed by atoms with van der Waals surface area (Å²) in [6.45, 7) is 8.44. The molecule has 1 aromatic rings. The molecule has 0 saturated carbocycles. The smallest absolute Gasteiger partial charge is 0.408 e. The largest absolute Gasteiger partial charge is 0.480 e. The summed E-state index contributed by atoms with van der Waals surface area (Å²) in [6, 6.07) is 5.51. The predicted octanol–water partition coefficient (Wildman–Crippen LogP) is 2.33. The van der Waals surface area contributed by atoms with Crippen molar-refractivity contribution in [3.8, 4) is 0 Å². The second kappa shape index (κ2) is 8.14. The molecule has 0 saturated heterocycles. The average molecular weight is 334 g/mol. The van der Waals surface area contributed by atoms with Crippen molar-refractivity contribution < 1.29 is 24.2 Å². The summed E-state index contributed by atoms with van der Waals surface area (Å²) in [5, 5.41) is 14.2. The van der Waals surface area contributed by atoms with Gasteiger partial charge in [-0.1, -0.05) is 18.7 Å². The van der Waals surface area contributed by atoms with E-state index in [9.17, 15) is 19.5 Å². The summed E-state index contributed by atoms with van der Waals surface area (Å²) in [5.41, 5.74) is 0.545. The number of aliphatic carboxylic acids is 1. The fourth-order valence-electron chi connectivity index (χ4n) is 1.80. The van der Waals surface area contributed by atoms with E-state index in [0.29, 0.717) is 11.3 Å². The predicted molar refractivity (Wildman–Crippen MR) is 89.8 cm³/mol. The molecule has 1 aromatic carbocycles.